The average Bonchev–Trinajstić information content (AvgIpc) is 3.61. The van der Waals surface area contributed by atoms with Crippen LogP contribution in [0.3, 0.4) is 0 Å². The summed E-state index contributed by atoms with van der Waals surface area (Å²) < 4.78 is 20.9. The number of amides is 1. The second-order valence-corrected chi connectivity index (χ2v) is 14.9. The van der Waals surface area contributed by atoms with Crippen molar-refractivity contribution in [1.82, 2.24) is 24.1 Å². The molecule has 6 rings (SSSR count). The van der Waals surface area contributed by atoms with E-state index in [1.165, 1.54) is 7.11 Å². The summed E-state index contributed by atoms with van der Waals surface area (Å²) in [7, 11) is 5.12. The Morgan fingerprint density at radius 2 is 1.63 bits per heavy atom. The van der Waals surface area contributed by atoms with E-state index < -0.39 is 5.97 Å². The first-order valence-electron chi connectivity index (χ1n) is 18.4. The van der Waals surface area contributed by atoms with E-state index in [1.807, 2.05) is 69.9 Å². The predicted octanol–water partition coefficient (Wildman–Crippen LogP) is 7.98. The molecule has 0 aliphatic carbocycles. The highest BCUT2D eigenvalue weighted by Crippen LogP contribution is 2.42. The number of fused-ring (bicyclic) bond motifs is 1. The van der Waals surface area contributed by atoms with Crippen LogP contribution in [0.15, 0.2) is 48.5 Å². The second-order valence-electron chi connectivity index (χ2n) is 14.1. The molecule has 3 aromatic carbocycles. The standard InChI is InChI=1S/C42H49Cl2N5O5/c1-26-23-32(24-27(2)38(26)44)54-20-8-9-33-34-14-15-35(43)37(36-28(3)45-47(6)29(36)4)39(34)49(17-16-48-18-21-53-22-19-48)40(33)41(50)46(5)25-30-10-12-31(13-11-30)42(51)52-7/h10-15,23-24H,8-9,16-22,25H2,1-7H3. The highest BCUT2D eigenvalue weighted by Gasteiger charge is 2.30. The molecule has 0 saturated carbocycles. The number of ether oxygens (including phenoxy) is 3. The maximum atomic E-state index is 15.0. The molecule has 0 N–H and O–H groups in total. The Morgan fingerprint density at radius 3 is 2.26 bits per heavy atom. The Balaban J connectivity index is 1.45. The van der Waals surface area contributed by atoms with Gasteiger partial charge in [-0.1, -0.05) is 41.4 Å². The molecule has 1 aliphatic rings. The molecule has 12 heteroatoms. The number of methoxy groups -OCH3 is 1. The van der Waals surface area contributed by atoms with E-state index in [0.717, 1.165) is 86.1 Å². The van der Waals surface area contributed by atoms with Gasteiger partial charge in [0.2, 0.25) is 0 Å². The number of hydrogen-bond donors (Lipinski definition) is 0. The molecule has 1 amide bonds. The first-order chi connectivity index (χ1) is 25.9. The zero-order chi connectivity index (χ0) is 38.7. The number of esters is 1. The van der Waals surface area contributed by atoms with Gasteiger partial charge in [-0.05, 0) is 93.1 Å². The lowest BCUT2D eigenvalue weighted by Gasteiger charge is -2.27. The summed E-state index contributed by atoms with van der Waals surface area (Å²) in [4.78, 5) is 31.2. The molecule has 0 spiro atoms. The van der Waals surface area contributed by atoms with E-state index in [4.69, 9.17) is 42.5 Å². The quantitative estimate of drug-likeness (QED) is 0.0886. The number of carbonyl (C=O) groups is 2. The monoisotopic (exact) mass is 773 g/mol. The minimum atomic E-state index is -0.403. The Labute approximate surface area is 327 Å². The first-order valence-corrected chi connectivity index (χ1v) is 19.1. The van der Waals surface area contributed by atoms with Crippen LogP contribution in [0.1, 0.15) is 60.9 Å². The van der Waals surface area contributed by atoms with Crippen LogP contribution in [-0.2, 0) is 36.0 Å². The van der Waals surface area contributed by atoms with Gasteiger partial charge in [0.15, 0.2) is 0 Å². The van der Waals surface area contributed by atoms with Crippen LogP contribution in [0.4, 0.5) is 0 Å². The van der Waals surface area contributed by atoms with Crippen molar-refractivity contribution in [3.8, 4) is 16.9 Å². The van der Waals surface area contributed by atoms with Crippen LogP contribution in [0.5, 0.6) is 5.75 Å². The normalized spacial score (nSPS) is 13.4. The molecule has 286 valence electrons. The fourth-order valence-corrected chi connectivity index (χ4v) is 7.83. The molecular weight excluding hydrogens is 725 g/mol. The molecule has 54 heavy (non-hydrogen) atoms. The van der Waals surface area contributed by atoms with Gasteiger partial charge in [0.25, 0.3) is 5.91 Å². The molecule has 2 aromatic heterocycles. The van der Waals surface area contributed by atoms with Gasteiger partial charge in [0.1, 0.15) is 11.4 Å². The van der Waals surface area contributed by atoms with Gasteiger partial charge in [-0.15, -0.1) is 0 Å². The van der Waals surface area contributed by atoms with E-state index in [2.05, 4.69) is 22.5 Å². The molecule has 1 fully saturated rings. The number of rotatable bonds is 13. The molecule has 1 saturated heterocycles. The Bertz CT molecular complexity index is 2150. The Hall–Kier alpha value is -4.35. The lowest BCUT2D eigenvalue weighted by Crippen LogP contribution is -2.38. The molecule has 1 aliphatic heterocycles. The van der Waals surface area contributed by atoms with E-state index in [1.54, 1.807) is 17.0 Å². The summed E-state index contributed by atoms with van der Waals surface area (Å²) in [6, 6.07) is 15.1. The largest absolute Gasteiger partial charge is 0.494 e. The number of carbonyl (C=O) groups excluding carboxylic acids is 2. The molecular formula is C42H49Cl2N5O5. The SMILES string of the molecule is COC(=O)c1ccc(CN(C)C(=O)c2c(CCCOc3cc(C)c(Cl)c(C)c3)c3ccc(Cl)c(-c4c(C)nn(C)c4C)c3n2CCN2CCOCC2)cc1. The molecule has 5 aromatic rings. The van der Waals surface area contributed by atoms with Crippen LogP contribution in [-0.4, -0.2) is 89.6 Å². The van der Waals surface area contributed by atoms with Crippen molar-refractivity contribution in [2.45, 2.75) is 53.6 Å². The van der Waals surface area contributed by atoms with Gasteiger partial charge in [-0.2, -0.15) is 5.10 Å². The summed E-state index contributed by atoms with van der Waals surface area (Å²) in [5.41, 5.74) is 9.51. The van der Waals surface area contributed by atoms with Gasteiger partial charge in [-0.3, -0.25) is 14.4 Å². The van der Waals surface area contributed by atoms with Crippen LogP contribution in [0, 0.1) is 27.7 Å². The summed E-state index contributed by atoms with van der Waals surface area (Å²) in [5.74, 6) is 0.263. The maximum absolute atomic E-state index is 15.0. The lowest BCUT2D eigenvalue weighted by molar-refractivity contribution is 0.0363. The van der Waals surface area contributed by atoms with Crippen molar-refractivity contribution in [3.63, 3.8) is 0 Å². The van der Waals surface area contributed by atoms with Crippen molar-refractivity contribution in [3.05, 3.63) is 103 Å². The number of hydrogen-bond acceptors (Lipinski definition) is 7. The number of aromatic nitrogens is 3. The number of halogens is 2. The van der Waals surface area contributed by atoms with Crippen molar-refractivity contribution < 1.29 is 23.8 Å². The van der Waals surface area contributed by atoms with Crippen LogP contribution in [0.25, 0.3) is 22.0 Å². The highest BCUT2D eigenvalue weighted by molar-refractivity contribution is 6.35. The lowest BCUT2D eigenvalue weighted by atomic mass is 9.98. The number of aryl methyl sites for hydroxylation is 5. The number of benzene rings is 3. The molecule has 0 unspecified atom stereocenters. The topological polar surface area (TPSA) is 91.1 Å². The van der Waals surface area contributed by atoms with E-state index in [0.29, 0.717) is 62.0 Å². The summed E-state index contributed by atoms with van der Waals surface area (Å²) in [6.45, 7) is 13.1. The van der Waals surface area contributed by atoms with Crippen molar-refractivity contribution in [1.29, 1.82) is 0 Å². The summed E-state index contributed by atoms with van der Waals surface area (Å²) in [5, 5.41) is 7.08. The van der Waals surface area contributed by atoms with E-state index in [-0.39, 0.29) is 5.91 Å². The van der Waals surface area contributed by atoms with Crippen molar-refractivity contribution in [2.75, 3.05) is 53.6 Å². The van der Waals surface area contributed by atoms with Crippen molar-refractivity contribution in [2.24, 2.45) is 7.05 Å². The predicted molar refractivity (Wildman–Crippen MR) is 214 cm³/mol. The third-order valence-electron chi connectivity index (χ3n) is 10.4. The van der Waals surface area contributed by atoms with Gasteiger partial charge < -0.3 is 23.7 Å². The first kappa shape index (κ1) is 39.3. The fourth-order valence-electron chi connectivity index (χ4n) is 7.47. The fraction of sp³-hybridized carbons (Fsp3) is 0.405. The van der Waals surface area contributed by atoms with Gasteiger partial charge in [0.05, 0.1) is 48.7 Å². The smallest absolute Gasteiger partial charge is 0.337 e. The van der Waals surface area contributed by atoms with Crippen LogP contribution in [0.2, 0.25) is 10.0 Å². The maximum Gasteiger partial charge on any atom is 0.337 e. The zero-order valence-electron chi connectivity index (χ0n) is 32.2. The molecule has 0 radical (unpaired) electrons. The average molecular weight is 775 g/mol. The number of nitrogens with zero attached hydrogens (tertiary/aromatic N) is 5. The molecule has 0 atom stereocenters. The third-order valence-corrected chi connectivity index (χ3v) is 11.3. The van der Waals surface area contributed by atoms with Crippen molar-refractivity contribution >= 4 is 46.0 Å². The molecule has 0 bridgehead atoms. The number of morpholine rings is 1. The van der Waals surface area contributed by atoms with E-state index >= 15 is 0 Å². The molecule has 3 heterocycles. The van der Waals surface area contributed by atoms with Gasteiger partial charge >= 0.3 is 5.97 Å². The summed E-state index contributed by atoms with van der Waals surface area (Å²) >= 11 is 13.6. The summed E-state index contributed by atoms with van der Waals surface area (Å²) in [6.07, 6.45) is 1.27. The zero-order valence-corrected chi connectivity index (χ0v) is 33.7. The second kappa shape index (κ2) is 17.0. The van der Waals surface area contributed by atoms with Gasteiger partial charge in [0, 0.05) is 74.0 Å². The minimum Gasteiger partial charge on any atom is -0.494 e. The van der Waals surface area contributed by atoms with Crippen LogP contribution >= 0.6 is 23.2 Å². The molecule has 10 nitrogen and oxygen atoms in total. The van der Waals surface area contributed by atoms with Gasteiger partial charge in [-0.25, -0.2) is 4.79 Å². The third kappa shape index (κ3) is 8.17. The Kier molecular flexibility index (Phi) is 12.4. The van der Waals surface area contributed by atoms with E-state index in [9.17, 15) is 9.59 Å². The minimum absolute atomic E-state index is 0.105. The highest BCUT2D eigenvalue weighted by atomic mass is 35.5. The van der Waals surface area contributed by atoms with Crippen LogP contribution < -0.4 is 4.74 Å². The Morgan fingerprint density at radius 1 is 0.944 bits per heavy atom.